The van der Waals surface area contributed by atoms with Crippen LogP contribution in [0.3, 0.4) is 0 Å². The molecule has 84 valence electrons. The summed E-state index contributed by atoms with van der Waals surface area (Å²) in [5, 5.41) is 9.44. The Labute approximate surface area is 88.3 Å². The van der Waals surface area contributed by atoms with Crippen LogP contribution in [0.4, 0.5) is 0 Å². The lowest BCUT2D eigenvalue weighted by molar-refractivity contribution is 0.0106. The SMILES string of the molecule is CCC1CN(CC(CC)(CC)CO)C1. The van der Waals surface area contributed by atoms with E-state index in [2.05, 4.69) is 25.7 Å². The first-order valence-electron chi connectivity index (χ1n) is 6.03. The summed E-state index contributed by atoms with van der Waals surface area (Å²) in [7, 11) is 0. The first kappa shape index (κ1) is 12.0. The average molecular weight is 199 g/mol. The molecule has 1 fully saturated rings. The molecule has 2 nitrogen and oxygen atoms in total. The predicted molar refractivity (Wildman–Crippen MR) is 60.3 cm³/mol. The maximum atomic E-state index is 9.44. The second kappa shape index (κ2) is 5.13. The molecule has 1 aliphatic rings. The topological polar surface area (TPSA) is 23.5 Å². The van der Waals surface area contributed by atoms with Gasteiger partial charge in [0.05, 0.1) is 0 Å². The van der Waals surface area contributed by atoms with Crippen LogP contribution in [0.2, 0.25) is 0 Å². The predicted octanol–water partition coefficient (Wildman–Crippen LogP) is 2.13. The van der Waals surface area contributed by atoms with E-state index in [4.69, 9.17) is 0 Å². The summed E-state index contributed by atoms with van der Waals surface area (Å²) in [6, 6.07) is 0. The van der Waals surface area contributed by atoms with E-state index in [-0.39, 0.29) is 5.41 Å². The first-order chi connectivity index (χ1) is 6.69. The molecular formula is C12H25NO. The van der Waals surface area contributed by atoms with Crippen LogP contribution in [0.5, 0.6) is 0 Å². The Kier molecular flexibility index (Phi) is 4.39. The van der Waals surface area contributed by atoms with E-state index in [1.54, 1.807) is 0 Å². The standard InChI is InChI=1S/C12H25NO/c1-4-11-7-13(8-11)9-12(5-2,6-3)10-14/h11,14H,4-10H2,1-3H3. The molecule has 1 rings (SSSR count). The van der Waals surface area contributed by atoms with Crippen LogP contribution >= 0.6 is 0 Å². The minimum absolute atomic E-state index is 0.165. The molecule has 1 heterocycles. The summed E-state index contributed by atoms with van der Waals surface area (Å²) in [6.45, 7) is 10.6. The van der Waals surface area contributed by atoms with Crippen molar-refractivity contribution in [2.75, 3.05) is 26.2 Å². The maximum absolute atomic E-state index is 9.44. The lowest BCUT2D eigenvalue weighted by atomic mass is 9.81. The summed E-state index contributed by atoms with van der Waals surface area (Å²) in [6.07, 6.45) is 3.49. The molecule has 1 aliphatic heterocycles. The molecule has 0 atom stereocenters. The highest BCUT2D eigenvalue weighted by atomic mass is 16.3. The van der Waals surface area contributed by atoms with Gasteiger partial charge in [-0.15, -0.1) is 0 Å². The Bertz CT molecular complexity index is 151. The first-order valence-corrected chi connectivity index (χ1v) is 6.03. The van der Waals surface area contributed by atoms with Gasteiger partial charge in [0.2, 0.25) is 0 Å². The van der Waals surface area contributed by atoms with Crippen LogP contribution in [0.1, 0.15) is 40.0 Å². The summed E-state index contributed by atoms with van der Waals surface area (Å²) in [5.74, 6) is 0.917. The third kappa shape index (κ3) is 2.48. The molecule has 1 saturated heterocycles. The van der Waals surface area contributed by atoms with Crippen molar-refractivity contribution in [2.45, 2.75) is 40.0 Å². The number of hydrogen-bond donors (Lipinski definition) is 1. The number of hydrogen-bond acceptors (Lipinski definition) is 2. The molecule has 0 saturated carbocycles. The zero-order valence-corrected chi connectivity index (χ0v) is 9.92. The van der Waals surface area contributed by atoms with Crippen LogP contribution in [0.25, 0.3) is 0 Å². The smallest absolute Gasteiger partial charge is 0.0499 e. The molecule has 0 aromatic heterocycles. The highest BCUT2D eigenvalue weighted by molar-refractivity contribution is 4.86. The Balaban J connectivity index is 2.34. The van der Waals surface area contributed by atoms with Gasteiger partial charge in [0.25, 0.3) is 0 Å². The highest BCUT2D eigenvalue weighted by Gasteiger charge is 2.33. The fraction of sp³-hybridized carbons (Fsp3) is 1.00. The summed E-state index contributed by atoms with van der Waals surface area (Å²) in [5.41, 5.74) is 0.165. The summed E-state index contributed by atoms with van der Waals surface area (Å²) < 4.78 is 0. The van der Waals surface area contributed by atoms with Gasteiger partial charge in [0, 0.05) is 31.7 Å². The van der Waals surface area contributed by atoms with Gasteiger partial charge in [-0.25, -0.2) is 0 Å². The number of likely N-dealkylation sites (tertiary alicyclic amines) is 1. The van der Waals surface area contributed by atoms with E-state index in [1.165, 1.54) is 19.5 Å². The lowest BCUT2D eigenvalue weighted by Gasteiger charge is -2.44. The van der Waals surface area contributed by atoms with Crippen molar-refractivity contribution in [3.63, 3.8) is 0 Å². The van der Waals surface area contributed by atoms with Gasteiger partial charge in [0.1, 0.15) is 0 Å². The molecule has 0 bridgehead atoms. The fourth-order valence-electron chi connectivity index (χ4n) is 2.29. The lowest BCUT2D eigenvalue weighted by Crippen LogP contribution is -2.51. The monoisotopic (exact) mass is 199 g/mol. The van der Waals surface area contributed by atoms with Crippen molar-refractivity contribution in [1.82, 2.24) is 4.90 Å². The van der Waals surface area contributed by atoms with Crippen molar-refractivity contribution in [2.24, 2.45) is 11.3 Å². The van der Waals surface area contributed by atoms with E-state index >= 15 is 0 Å². The van der Waals surface area contributed by atoms with Crippen LogP contribution in [0, 0.1) is 11.3 Å². The summed E-state index contributed by atoms with van der Waals surface area (Å²) >= 11 is 0. The van der Waals surface area contributed by atoms with Gasteiger partial charge >= 0.3 is 0 Å². The van der Waals surface area contributed by atoms with Gasteiger partial charge in [-0.05, 0) is 18.8 Å². The van der Waals surface area contributed by atoms with Gasteiger partial charge in [0.15, 0.2) is 0 Å². The Morgan fingerprint density at radius 3 is 2.14 bits per heavy atom. The van der Waals surface area contributed by atoms with Crippen LogP contribution in [-0.4, -0.2) is 36.2 Å². The second-order valence-corrected chi connectivity index (χ2v) is 4.83. The molecule has 0 aliphatic carbocycles. The van der Waals surface area contributed by atoms with E-state index in [0.29, 0.717) is 6.61 Å². The van der Waals surface area contributed by atoms with Crippen molar-refractivity contribution in [1.29, 1.82) is 0 Å². The van der Waals surface area contributed by atoms with Crippen LogP contribution in [0.15, 0.2) is 0 Å². The minimum Gasteiger partial charge on any atom is -0.396 e. The van der Waals surface area contributed by atoms with Gasteiger partial charge in [-0.3, -0.25) is 0 Å². The van der Waals surface area contributed by atoms with Gasteiger partial charge in [-0.2, -0.15) is 0 Å². The summed E-state index contributed by atoms with van der Waals surface area (Å²) in [4.78, 5) is 2.50. The molecule has 1 N–H and O–H groups in total. The Hall–Kier alpha value is -0.0800. The maximum Gasteiger partial charge on any atom is 0.0499 e. The molecule has 0 aromatic rings. The molecule has 0 aromatic carbocycles. The second-order valence-electron chi connectivity index (χ2n) is 4.83. The highest BCUT2D eigenvalue weighted by Crippen LogP contribution is 2.30. The van der Waals surface area contributed by atoms with Crippen molar-refractivity contribution in [3.8, 4) is 0 Å². The largest absolute Gasteiger partial charge is 0.396 e. The average Bonchev–Trinajstić information content (AvgIpc) is 2.18. The molecule has 14 heavy (non-hydrogen) atoms. The van der Waals surface area contributed by atoms with E-state index in [1.807, 2.05) is 0 Å². The number of rotatable bonds is 6. The molecule has 0 unspecified atom stereocenters. The zero-order chi connectivity index (χ0) is 10.6. The van der Waals surface area contributed by atoms with E-state index in [9.17, 15) is 5.11 Å². The molecule has 2 heteroatoms. The van der Waals surface area contributed by atoms with Gasteiger partial charge in [-0.1, -0.05) is 27.2 Å². The normalized spacial score (nSPS) is 19.7. The number of aliphatic hydroxyl groups excluding tert-OH is 1. The quantitative estimate of drug-likeness (QED) is 0.708. The molecule has 0 amide bonds. The molecule has 0 spiro atoms. The minimum atomic E-state index is 0.165. The van der Waals surface area contributed by atoms with Gasteiger partial charge < -0.3 is 10.0 Å². The van der Waals surface area contributed by atoms with Crippen molar-refractivity contribution in [3.05, 3.63) is 0 Å². The van der Waals surface area contributed by atoms with E-state index < -0.39 is 0 Å². The third-order valence-corrected chi connectivity index (χ3v) is 4.00. The Morgan fingerprint density at radius 1 is 1.21 bits per heavy atom. The van der Waals surface area contributed by atoms with E-state index in [0.717, 1.165) is 25.3 Å². The van der Waals surface area contributed by atoms with Crippen molar-refractivity contribution >= 4 is 0 Å². The Morgan fingerprint density at radius 2 is 1.79 bits per heavy atom. The zero-order valence-electron chi connectivity index (χ0n) is 9.92. The van der Waals surface area contributed by atoms with Crippen LogP contribution < -0.4 is 0 Å². The third-order valence-electron chi connectivity index (χ3n) is 4.00. The fourth-order valence-corrected chi connectivity index (χ4v) is 2.29. The molecule has 0 radical (unpaired) electrons. The van der Waals surface area contributed by atoms with Crippen LogP contribution in [-0.2, 0) is 0 Å². The number of nitrogens with zero attached hydrogens (tertiary/aromatic N) is 1. The molecular weight excluding hydrogens is 174 g/mol. The van der Waals surface area contributed by atoms with Crippen molar-refractivity contribution < 1.29 is 5.11 Å². The number of aliphatic hydroxyl groups is 1.